The smallest absolute Gasteiger partial charge is 0.303 e. The number of amides is 3. The van der Waals surface area contributed by atoms with Crippen molar-refractivity contribution >= 4 is 23.7 Å². The van der Waals surface area contributed by atoms with E-state index in [2.05, 4.69) is 29.8 Å². The van der Waals surface area contributed by atoms with Crippen molar-refractivity contribution in [3.8, 4) is 0 Å². The van der Waals surface area contributed by atoms with E-state index in [1.165, 1.54) is 122 Å². The Bertz CT molecular complexity index is 950. The van der Waals surface area contributed by atoms with Crippen LogP contribution in [0.4, 0.5) is 0 Å². The minimum Gasteiger partial charge on any atom is -0.481 e. The van der Waals surface area contributed by atoms with Gasteiger partial charge >= 0.3 is 5.97 Å². The molecule has 0 aromatic heterocycles. The molecule has 0 aromatic rings. The number of ether oxygens (including phenoxy) is 2. The molecule has 0 aliphatic carbocycles. The highest BCUT2D eigenvalue weighted by Crippen LogP contribution is 2.16. The quantitative estimate of drug-likeness (QED) is 0.0448. The Balaban J connectivity index is 4.20. The van der Waals surface area contributed by atoms with Gasteiger partial charge in [0.05, 0.1) is 26.4 Å². The van der Waals surface area contributed by atoms with Gasteiger partial charge in [-0.1, -0.05) is 194 Å². The minimum absolute atomic E-state index is 0.00219. The number of carbonyl (C=O) groups is 4. The molecule has 2 atom stereocenters. The molecule has 0 spiro atoms. The zero-order valence-electron chi connectivity index (χ0n) is 38.1. The predicted octanol–water partition coefficient (Wildman–Crippen LogP) is 11.4. The number of aliphatic carboxylic acids is 1. The SMILES string of the molecule is CCCCCCCCCCCCC(C)C(=O)NC(CCCCCCCCCCCC)C(=O)NCCOCCOCCC(=O)NCCCCCCCCCCCC(=O)O. The van der Waals surface area contributed by atoms with Crippen molar-refractivity contribution in [1.29, 1.82) is 0 Å². The third kappa shape index (κ3) is 40.6. The maximum Gasteiger partial charge on any atom is 0.303 e. The Kier molecular flexibility index (Phi) is 42.7. The molecule has 10 heteroatoms. The lowest BCUT2D eigenvalue weighted by atomic mass is 9.99. The van der Waals surface area contributed by atoms with E-state index in [0.717, 1.165) is 70.6 Å². The van der Waals surface area contributed by atoms with Gasteiger partial charge in [-0.15, -0.1) is 0 Å². The van der Waals surface area contributed by atoms with Gasteiger partial charge in [-0.25, -0.2) is 0 Å². The van der Waals surface area contributed by atoms with E-state index in [1.54, 1.807) is 0 Å². The number of nitrogens with one attached hydrogen (secondary N) is 3. The van der Waals surface area contributed by atoms with Crippen LogP contribution in [-0.4, -0.2) is 74.4 Å². The van der Waals surface area contributed by atoms with Gasteiger partial charge in [0.2, 0.25) is 17.7 Å². The Hall–Kier alpha value is -2.20. The van der Waals surface area contributed by atoms with E-state index < -0.39 is 12.0 Å². The normalized spacial score (nSPS) is 12.3. The highest BCUT2D eigenvalue weighted by molar-refractivity contribution is 5.88. The van der Waals surface area contributed by atoms with Crippen LogP contribution in [0.25, 0.3) is 0 Å². The first kappa shape index (κ1) is 55.8. The Morgan fingerprint density at radius 1 is 0.448 bits per heavy atom. The van der Waals surface area contributed by atoms with Crippen LogP contribution < -0.4 is 16.0 Å². The second-order valence-corrected chi connectivity index (χ2v) is 16.8. The summed E-state index contributed by atoms with van der Waals surface area (Å²) in [5.41, 5.74) is 0. The number of carbonyl (C=O) groups excluding carboxylic acids is 3. The third-order valence-electron chi connectivity index (χ3n) is 11.2. The van der Waals surface area contributed by atoms with Gasteiger partial charge in [-0.2, -0.15) is 0 Å². The van der Waals surface area contributed by atoms with Gasteiger partial charge < -0.3 is 30.5 Å². The van der Waals surface area contributed by atoms with Gasteiger partial charge in [-0.05, 0) is 25.7 Å². The zero-order chi connectivity index (χ0) is 42.6. The molecule has 10 nitrogen and oxygen atoms in total. The van der Waals surface area contributed by atoms with Gasteiger partial charge in [0.1, 0.15) is 6.04 Å². The molecule has 0 saturated heterocycles. The number of hydrogen-bond donors (Lipinski definition) is 4. The van der Waals surface area contributed by atoms with Crippen LogP contribution >= 0.6 is 0 Å². The lowest BCUT2D eigenvalue weighted by Crippen LogP contribution is -2.48. The van der Waals surface area contributed by atoms with Crippen LogP contribution in [0.3, 0.4) is 0 Å². The van der Waals surface area contributed by atoms with Crippen LogP contribution in [0.15, 0.2) is 0 Å². The van der Waals surface area contributed by atoms with Crippen molar-refractivity contribution in [1.82, 2.24) is 16.0 Å². The van der Waals surface area contributed by atoms with E-state index >= 15 is 0 Å². The van der Waals surface area contributed by atoms with Crippen molar-refractivity contribution in [3.63, 3.8) is 0 Å². The molecule has 0 radical (unpaired) electrons. The van der Waals surface area contributed by atoms with Crippen molar-refractivity contribution in [3.05, 3.63) is 0 Å². The second kappa shape index (κ2) is 44.4. The summed E-state index contributed by atoms with van der Waals surface area (Å²) in [5, 5.41) is 17.7. The molecule has 342 valence electrons. The van der Waals surface area contributed by atoms with E-state index in [4.69, 9.17) is 14.6 Å². The molecule has 3 amide bonds. The van der Waals surface area contributed by atoms with E-state index in [-0.39, 0.29) is 30.1 Å². The molecule has 0 heterocycles. The van der Waals surface area contributed by atoms with E-state index in [1.807, 2.05) is 6.92 Å². The van der Waals surface area contributed by atoms with E-state index in [0.29, 0.717) is 52.4 Å². The highest BCUT2D eigenvalue weighted by atomic mass is 16.5. The molecule has 0 saturated carbocycles. The number of unbranched alkanes of at least 4 members (excludes halogenated alkanes) is 26. The highest BCUT2D eigenvalue weighted by Gasteiger charge is 2.23. The Labute approximate surface area is 356 Å². The summed E-state index contributed by atoms with van der Waals surface area (Å²) in [7, 11) is 0. The van der Waals surface area contributed by atoms with Crippen molar-refractivity contribution in [2.24, 2.45) is 5.92 Å². The van der Waals surface area contributed by atoms with Gasteiger partial charge in [-0.3, -0.25) is 19.2 Å². The lowest BCUT2D eigenvalue weighted by molar-refractivity contribution is -0.137. The molecule has 58 heavy (non-hydrogen) atoms. The topological polar surface area (TPSA) is 143 Å². The molecule has 4 N–H and O–H groups in total. The molecular weight excluding hydrogens is 731 g/mol. The first-order valence-electron chi connectivity index (χ1n) is 24.5. The van der Waals surface area contributed by atoms with E-state index in [9.17, 15) is 19.2 Å². The monoisotopic (exact) mass is 824 g/mol. The first-order valence-corrected chi connectivity index (χ1v) is 24.5. The average molecular weight is 824 g/mol. The van der Waals surface area contributed by atoms with Crippen LogP contribution in [0, 0.1) is 5.92 Å². The molecule has 2 unspecified atom stereocenters. The molecular formula is C48H93N3O7. The maximum atomic E-state index is 13.2. The minimum atomic E-state index is -0.707. The largest absolute Gasteiger partial charge is 0.481 e. The number of carboxylic acids is 1. The Morgan fingerprint density at radius 2 is 0.879 bits per heavy atom. The molecule has 0 aliphatic rings. The molecule has 0 aliphatic heterocycles. The lowest BCUT2D eigenvalue weighted by Gasteiger charge is -2.21. The Morgan fingerprint density at radius 3 is 1.38 bits per heavy atom. The van der Waals surface area contributed by atoms with Crippen LogP contribution in [-0.2, 0) is 28.7 Å². The molecule has 0 fully saturated rings. The summed E-state index contributed by atoms with van der Waals surface area (Å²) in [6, 6.07) is -0.523. The molecule has 0 bridgehead atoms. The summed E-state index contributed by atoms with van der Waals surface area (Å²) in [6.45, 7) is 9.02. The molecule has 0 rings (SSSR count). The fraction of sp³-hybridized carbons (Fsp3) is 0.917. The van der Waals surface area contributed by atoms with Crippen LogP contribution in [0.2, 0.25) is 0 Å². The summed E-state index contributed by atoms with van der Waals surface area (Å²) in [5.74, 6) is -0.966. The first-order chi connectivity index (χ1) is 28.3. The number of rotatable bonds is 46. The second-order valence-electron chi connectivity index (χ2n) is 16.8. The zero-order valence-corrected chi connectivity index (χ0v) is 38.1. The summed E-state index contributed by atoms with van der Waals surface area (Å²) in [4.78, 5) is 49.0. The predicted molar refractivity (Wildman–Crippen MR) is 240 cm³/mol. The standard InChI is InChI=1S/C48H93N3O7/c1-4-6-8-10-12-14-17-21-25-29-33-43(3)47(55)51-44(34-30-26-22-18-15-13-11-9-7-5-2)48(56)50-38-40-58-42-41-57-39-36-45(52)49-37-32-28-24-20-16-19-23-27-31-35-46(53)54/h43-44H,4-42H2,1-3H3,(H,49,52)(H,50,56)(H,51,55)(H,53,54). The maximum absolute atomic E-state index is 13.2. The average Bonchev–Trinajstić information content (AvgIpc) is 3.21. The van der Waals surface area contributed by atoms with Gasteiger partial charge in [0.15, 0.2) is 0 Å². The summed E-state index contributed by atoms with van der Waals surface area (Å²) < 4.78 is 11.2. The molecule has 0 aromatic carbocycles. The number of hydrogen-bond acceptors (Lipinski definition) is 6. The van der Waals surface area contributed by atoms with Crippen LogP contribution in [0.5, 0.6) is 0 Å². The fourth-order valence-corrected chi connectivity index (χ4v) is 7.30. The summed E-state index contributed by atoms with van der Waals surface area (Å²) >= 11 is 0. The number of carboxylic acid groups (broad SMARTS) is 1. The van der Waals surface area contributed by atoms with Crippen molar-refractivity contribution in [2.75, 3.05) is 39.5 Å². The van der Waals surface area contributed by atoms with Crippen LogP contribution in [0.1, 0.15) is 233 Å². The fourth-order valence-electron chi connectivity index (χ4n) is 7.30. The third-order valence-corrected chi connectivity index (χ3v) is 11.2. The van der Waals surface area contributed by atoms with Crippen molar-refractivity contribution in [2.45, 2.75) is 239 Å². The summed E-state index contributed by atoms with van der Waals surface area (Å²) in [6.07, 6.45) is 36.8. The van der Waals surface area contributed by atoms with Gasteiger partial charge in [0, 0.05) is 31.8 Å². The van der Waals surface area contributed by atoms with Gasteiger partial charge in [0.25, 0.3) is 0 Å². The van der Waals surface area contributed by atoms with Crippen molar-refractivity contribution < 1.29 is 33.8 Å².